The quantitative estimate of drug-likeness (QED) is 0.441. The minimum atomic E-state index is -1.29. The number of para-hydroxylation sites is 1. The molecule has 1 aliphatic heterocycles. The van der Waals surface area contributed by atoms with Gasteiger partial charge in [-0.05, 0) is 41.2 Å². The number of aliphatic imine (C=N–C) groups is 1. The van der Waals surface area contributed by atoms with Crippen LogP contribution < -0.4 is 10.2 Å². The number of aliphatic carboxylic acids is 1. The first-order chi connectivity index (χ1) is 19.5. The Bertz CT molecular complexity index is 1450. The van der Waals surface area contributed by atoms with Gasteiger partial charge in [-0.3, -0.25) is 24.8 Å². The van der Waals surface area contributed by atoms with Crippen molar-refractivity contribution in [3.63, 3.8) is 0 Å². The van der Waals surface area contributed by atoms with Crippen LogP contribution in [0.5, 0.6) is 0 Å². The molecule has 2 amide bonds. The number of anilines is 1. The molecule has 40 heavy (non-hydrogen) atoms. The van der Waals surface area contributed by atoms with E-state index >= 15 is 0 Å². The number of carbonyl (C=O) groups is 3. The van der Waals surface area contributed by atoms with Gasteiger partial charge in [-0.2, -0.15) is 0 Å². The number of amides is 2. The number of hydrogen-bond donors (Lipinski definition) is 2. The van der Waals surface area contributed by atoms with E-state index in [1.807, 2.05) is 48.5 Å². The lowest BCUT2D eigenvalue weighted by atomic mass is 9.83. The number of fused-ring (bicyclic) bond motifs is 4. The fourth-order valence-electron chi connectivity index (χ4n) is 6.30. The highest BCUT2D eigenvalue weighted by Gasteiger charge is 2.36. The van der Waals surface area contributed by atoms with Gasteiger partial charge in [-0.15, -0.1) is 0 Å². The lowest BCUT2D eigenvalue weighted by molar-refractivity contribution is -0.136. The SMILES string of the molecule is O=C(O)CN1C(=O)C(NC(=O)OCC2c3ccccc3-c3ccccc32)N=C(C2CCCCC2)c2ccccc21. The molecule has 1 fully saturated rings. The maximum Gasteiger partial charge on any atom is 0.409 e. The molecule has 3 aliphatic rings. The van der Waals surface area contributed by atoms with Gasteiger partial charge in [0.1, 0.15) is 13.2 Å². The van der Waals surface area contributed by atoms with Gasteiger partial charge >= 0.3 is 12.1 Å². The Morgan fingerprint density at radius 2 is 1.48 bits per heavy atom. The van der Waals surface area contributed by atoms with Crippen LogP contribution in [0, 0.1) is 5.92 Å². The molecule has 3 aromatic rings. The number of nitrogens with zero attached hydrogens (tertiary/aromatic N) is 2. The molecule has 1 atom stereocenters. The van der Waals surface area contributed by atoms with Crippen molar-refractivity contribution in [3.8, 4) is 11.1 Å². The van der Waals surface area contributed by atoms with Crippen molar-refractivity contribution in [2.45, 2.75) is 44.2 Å². The first kappa shape index (κ1) is 25.8. The fraction of sp³-hybridized carbons (Fsp3) is 0.312. The van der Waals surface area contributed by atoms with Crippen LogP contribution in [0.2, 0.25) is 0 Å². The summed E-state index contributed by atoms with van der Waals surface area (Å²) >= 11 is 0. The summed E-state index contributed by atoms with van der Waals surface area (Å²) in [6.07, 6.45) is 3.06. The van der Waals surface area contributed by atoms with Gasteiger partial charge < -0.3 is 9.84 Å². The van der Waals surface area contributed by atoms with Crippen LogP contribution in [0.4, 0.5) is 10.5 Å². The van der Waals surface area contributed by atoms with E-state index in [0.717, 1.165) is 65.6 Å². The summed E-state index contributed by atoms with van der Waals surface area (Å²) in [5, 5.41) is 12.3. The number of benzodiazepines with no additional fused rings is 1. The molecule has 1 saturated carbocycles. The van der Waals surface area contributed by atoms with Gasteiger partial charge in [0, 0.05) is 17.4 Å². The summed E-state index contributed by atoms with van der Waals surface area (Å²) in [6.45, 7) is -0.439. The number of nitrogens with one attached hydrogen (secondary N) is 1. The maximum absolute atomic E-state index is 13.7. The Kier molecular flexibility index (Phi) is 7.07. The number of carboxylic acid groups (broad SMARTS) is 1. The van der Waals surface area contributed by atoms with E-state index in [-0.39, 0.29) is 18.4 Å². The van der Waals surface area contributed by atoms with Gasteiger partial charge in [0.25, 0.3) is 5.91 Å². The van der Waals surface area contributed by atoms with E-state index < -0.39 is 30.7 Å². The predicted molar refractivity (Wildman–Crippen MR) is 152 cm³/mol. The maximum atomic E-state index is 13.7. The van der Waals surface area contributed by atoms with Gasteiger partial charge in [-0.1, -0.05) is 86.0 Å². The van der Waals surface area contributed by atoms with Gasteiger partial charge in [0.05, 0.1) is 11.4 Å². The monoisotopic (exact) mass is 537 g/mol. The van der Waals surface area contributed by atoms with Gasteiger partial charge in [-0.25, -0.2) is 4.79 Å². The van der Waals surface area contributed by atoms with E-state index in [0.29, 0.717) is 5.69 Å². The van der Waals surface area contributed by atoms with Crippen molar-refractivity contribution in [2.75, 3.05) is 18.1 Å². The smallest absolute Gasteiger partial charge is 0.409 e. The van der Waals surface area contributed by atoms with Gasteiger partial charge in [0.15, 0.2) is 0 Å². The van der Waals surface area contributed by atoms with E-state index in [1.165, 1.54) is 4.90 Å². The van der Waals surface area contributed by atoms with Crippen LogP contribution in [-0.4, -0.2) is 48.1 Å². The number of carboxylic acids is 1. The van der Waals surface area contributed by atoms with E-state index in [1.54, 1.807) is 12.1 Å². The van der Waals surface area contributed by atoms with Gasteiger partial charge in [0.2, 0.25) is 6.17 Å². The van der Waals surface area contributed by atoms with Crippen molar-refractivity contribution in [1.29, 1.82) is 0 Å². The third-order valence-corrected chi connectivity index (χ3v) is 8.12. The molecule has 6 rings (SSSR count). The fourth-order valence-corrected chi connectivity index (χ4v) is 6.30. The molecular formula is C32H31N3O5. The molecule has 2 aliphatic carbocycles. The number of hydrogen-bond acceptors (Lipinski definition) is 5. The second-order valence-electron chi connectivity index (χ2n) is 10.6. The van der Waals surface area contributed by atoms with Crippen LogP contribution in [0.1, 0.15) is 54.7 Å². The largest absolute Gasteiger partial charge is 0.480 e. The predicted octanol–water partition coefficient (Wildman–Crippen LogP) is 5.35. The molecule has 3 aromatic carbocycles. The number of benzene rings is 3. The molecular weight excluding hydrogens is 506 g/mol. The number of rotatable bonds is 6. The second kappa shape index (κ2) is 11.0. The summed E-state index contributed by atoms with van der Waals surface area (Å²) in [4.78, 5) is 44.6. The molecule has 2 N–H and O–H groups in total. The molecule has 0 bridgehead atoms. The standard InChI is InChI=1S/C32H31N3O5/c36-28(37)18-35-27-17-9-8-16-25(27)29(20-10-2-1-3-11-20)33-30(31(35)38)34-32(39)40-19-26-23-14-6-4-12-21(23)22-13-5-7-15-24(22)26/h4-9,12-17,20,26,30H,1-3,10-11,18-19H2,(H,34,39)(H,36,37). The Labute approximate surface area is 232 Å². The highest BCUT2D eigenvalue weighted by molar-refractivity contribution is 6.14. The van der Waals surface area contributed by atoms with Crippen molar-refractivity contribution in [1.82, 2.24) is 5.32 Å². The van der Waals surface area contributed by atoms with Crippen LogP contribution in [0.3, 0.4) is 0 Å². The Morgan fingerprint density at radius 1 is 0.875 bits per heavy atom. The lowest BCUT2D eigenvalue weighted by Gasteiger charge is -2.25. The molecule has 0 spiro atoms. The number of alkyl carbamates (subject to hydrolysis) is 1. The summed E-state index contributed by atoms with van der Waals surface area (Å²) in [6, 6.07) is 23.4. The zero-order valence-electron chi connectivity index (χ0n) is 22.1. The van der Waals surface area contributed by atoms with Crippen LogP contribution in [-0.2, 0) is 14.3 Å². The molecule has 8 nitrogen and oxygen atoms in total. The minimum absolute atomic E-state index is 0.0963. The van der Waals surface area contributed by atoms with Crippen molar-refractivity contribution in [3.05, 3.63) is 89.5 Å². The molecule has 204 valence electrons. The molecule has 1 unspecified atom stereocenters. The molecule has 1 heterocycles. The molecule has 0 saturated heterocycles. The van der Waals surface area contributed by atoms with Crippen molar-refractivity contribution in [2.24, 2.45) is 10.9 Å². The van der Waals surface area contributed by atoms with E-state index in [4.69, 9.17) is 9.73 Å². The third kappa shape index (κ3) is 4.85. The number of carbonyl (C=O) groups excluding carboxylic acids is 2. The van der Waals surface area contributed by atoms with Crippen LogP contribution in [0.25, 0.3) is 11.1 Å². The highest BCUT2D eigenvalue weighted by Crippen LogP contribution is 2.44. The Balaban J connectivity index is 1.26. The molecule has 8 heteroatoms. The first-order valence-corrected chi connectivity index (χ1v) is 13.8. The van der Waals surface area contributed by atoms with E-state index in [9.17, 15) is 19.5 Å². The van der Waals surface area contributed by atoms with Crippen molar-refractivity contribution < 1.29 is 24.2 Å². The summed E-state index contributed by atoms with van der Waals surface area (Å²) in [5.41, 5.74) is 6.38. The van der Waals surface area contributed by atoms with Crippen LogP contribution in [0.15, 0.2) is 77.8 Å². The van der Waals surface area contributed by atoms with E-state index in [2.05, 4.69) is 17.4 Å². The summed E-state index contributed by atoms with van der Waals surface area (Å²) < 4.78 is 5.70. The average molecular weight is 538 g/mol. The zero-order chi connectivity index (χ0) is 27.6. The third-order valence-electron chi connectivity index (χ3n) is 8.12. The lowest BCUT2D eigenvalue weighted by Crippen LogP contribution is -2.49. The molecule has 0 aromatic heterocycles. The molecule has 0 radical (unpaired) electrons. The average Bonchev–Trinajstić information content (AvgIpc) is 3.25. The Hall–Kier alpha value is -4.46. The second-order valence-corrected chi connectivity index (χ2v) is 10.6. The summed E-state index contributed by atoms with van der Waals surface area (Å²) in [7, 11) is 0. The zero-order valence-corrected chi connectivity index (χ0v) is 22.1. The normalized spacial score (nSPS) is 18.7. The highest BCUT2D eigenvalue weighted by atomic mass is 16.5. The minimum Gasteiger partial charge on any atom is -0.480 e. The van der Waals surface area contributed by atoms with Crippen LogP contribution >= 0.6 is 0 Å². The Morgan fingerprint density at radius 3 is 2.12 bits per heavy atom. The number of ether oxygens (including phenoxy) is 1. The van der Waals surface area contributed by atoms with Crippen molar-refractivity contribution >= 4 is 29.4 Å². The first-order valence-electron chi connectivity index (χ1n) is 13.8. The summed E-state index contributed by atoms with van der Waals surface area (Å²) in [5.74, 6) is -1.75. The topological polar surface area (TPSA) is 108 Å².